The van der Waals surface area contributed by atoms with Crippen molar-refractivity contribution < 1.29 is 22.0 Å². The van der Waals surface area contributed by atoms with Gasteiger partial charge in [-0.15, -0.1) is 0 Å². The first kappa shape index (κ1) is 13.0. The van der Waals surface area contributed by atoms with Crippen LogP contribution in [-0.2, 0) is 6.18 Å². The Kier molecular flexibility index (Phi) is 3.28. The third-order valence-corrected chi connectivity index (χ3v) is 2.13. The molecule has 0 unspecified atom stereocenters. The number of hydrogen-bond donors (Lipinski definition) is 0. The molecule has 16 heavy (non-hydrogen) atoms. The number of hydrogen-bond acceptors (Lipinski definition) is 0. The number of allylic oxidation sites excluding steroid dienone is 1. The van der Waals surface area contributed by atoms with E-state index in [-0.39, 0.29) is 5.56 Å². The molecule has 0 saturated heterocycles. The molecule has 1 rings (SSSR count). The first-order chi connectivity index (χ1) is 7.12. The standard InChI is InChI=1S/C10H6ClF5/c1-6(9(11,12)13)7-2-4-8(5-3-7)10(14,15)16/h2-5H,1H2. The average molecular weight is 257 g/mol. The molecule has 0 heterocycles. The van der Waals surface area contributed by atoms with E-state index in [2.05, 4.69) is 6.58 Å². The smallest absolute Gasteiger partial charge is 0.183 e. The zero-order valence-corrected chi connectivity index (χ0v) is 8.54. The molecule has 0 fully saturated rings. The predicted octanol–water partition coefficient (Wildman–Crippen LogP) is 4.55. The molecule has 1 aromatic rings. The van der Waals surface area contributed by atoms with Gasteiger partial charge in [-0.1, -0.05) is 18.7 Å². The fourth-order valence-corrected chi connectivity index (χ4v) is 1.13. The van der Waals surface area contributed by atoms with Crippen molar-refractivity contribution in [1.82, 2.24) is 0 Å². The number of alkyl halides is 6. The van der Waals surface area contributed by atoms with Crippen molar-refractivity contribution in [2.45, 2.75) is 11.6 Å². The lowest BCUT2D eigenvalue weighted by Gasteiger charge is -2.12. The first-order valence-electron chi connectivity index (χ1n) is 4.06. The third-order valence-electron chi connectivity index (χ3n) is 1.90. The van der Waals surface area contributed by atoms with E-state index in [1.54, 1.807) is 0 Å². The third kappa shape index (κ3) is 2.95. The van der Waals surface area contributed by atoms with Gasteiger partial charge in [0.05, 0.1) is 5.56 Å². The summed E-state index contributed by atoms with van der Waals surface area (Å²) in [4.78, 5) is 0. The van der Waals surface area contributed by atoms with Gasteiger partial charge >= 0.3 is 11.6 Å². The zero-order chi connectivity index (χ0) is 12.6. The summed E-state index contributed by atoms with van der Waals surface area (Å²) in [6.07, 6.45) is -4.50. The van der Waals surface area contributed by atoms with Crippen LogP contribution in [0.1, 0.15) is 11.1 Å². The molecule has 0 bridgehead atoms. The minimum atomic E-state index is -4.50. The maximum atomic E-state index is 12.6. The Bertz CT molecular complexity index is 385. The highest BCUT2D eigenvalue weighted by molar-refractivity contribution is 6.27. The molecular weight excluding hydrogens is 251 g/mol. The molecule has 0 nitrogen and oxygen atoms in total. The normalized spacial score (nSPS) is 12.6. The minimum absolute atomic E-state index is 0.131. The topological polar surface area (TPSA) is 0 Å². The van der Waals surface area contributed by atoms with Crippen molar-refractivity contribution in [3.8, 4) is 0 Å². The van der Waals surface area contributed by atoms with Crippen molar-refractivity contribution >= 4 is 17.2 Å². The van der Waals surface area contributed by atoms with Crippen molar-refractivity contribution in [3.05, 3.63) is 42.0 Å². The lowest BCUT2D eigenvalue weighted by atomic mass is 10.1. The molecule has 0 N–H and O–H groups in total. The van der Waals surface area contributed by atoms with E-state index in [0.29, 0.717) is 12.1 Å². The summed E-state index contributed by atoms with van der Waals surface area (Å²) in [5.74, 6) is 0. The van der Waals surface area contributed by atoms with Gasteiger partial charge in [-0.2, -0.15) is 22.0 Å². The molecule has 1 aromatic carbocycles. The molecule has 0 saturated carbocycles. The Balaban J connectivity index is 3.01. The highest BCUT2D eigenvalue weighted by Crippen LogP contribution is 2.36. The fraction of sp³-hybridized carbons (Fsp3) is 0.200. The van der Waals surface area contributed by atoms with E-state index >= 15 is 0 Å². The fourth-order valence-electron chi connectivity index (χ4n) is 1.02. The Labute approximate surface area is 93.3 Å². The molecule has 0 amide bonds. The predicted molar refractivity (Wildman–Crippen MR) is 51.3 cm³/mol. The molecular formula is C10H6ClF5. The molecule has 6 heteroatoms. The van der Waals surface area contributed by atoms with E-state index in [1.165, 1.54) is 0 Å². The summed E-state index contributed by atoms with van der Waals surface area (Å²) in [5, 5.41) is -3.67. The van der Waals surface area contributed by atoms with E-state index in [1.807, 2.05) is 0 Å². The molecule has 0 spiro atoms. The van der Waals surface area contributed by atoms with E-state index < -0.39 is 22.7 Å². The van der Waals surface area contributed by atoms with Crippen molar-refractivity contribution in [3.63, 3.8) is 0 Å². The average Bonchev–Trinajstić information content (AvgIpc) is 2.14. The second-order valence-electron chi connectivity index (χ2n) is 3.05. The van der Waals surface area contributed by atoms with Crippen molar-refractivity contribution in [1.29, 1.82) is 0 Å². The zero-order valence-electron chi connectivity index (χ0n) is 7.78. The highest BCUT2D eigenvalue weighted by Gasteiger charge is 2.32. The second-order valence-corrected chi connectivity index (χ2v) is 3.53. The van der Waals surface area contributed by atoms with Crippen LogP contribution < -0.4 is 0 Å². The van der Waals surface area contributed by atoms with Crippen LogP contribution in [-0.4, -0.2) is 5.38 Å². The molecule has 0 aliphatic heterocycles. The van der Waals surface area contributed by atoms with Gasteiger partial charge in [-0.25, -0.2) is 0 Å². The summed E-state index contributed by atoms with van der Waals surface area (Å²) < 4.78 is 61.6. The van der Waals surface area contributed by atoms with Crippen LogP contribution in [0.4, 0.5) is 22.0 Å². The van der Waals surface area contributed by atoms with Crippen molar-refractivity contribution in [2.75, 3.05) is 0 Å². The molecule has 0 aliphatic rings. The quantitative estimate of drug-likeness (QED) is 0.538. The summed E-state index contributed by atoms with van der Waals surface area (Å²) in [7, 11) is 0. The molecule has 0 atom stereocenters. The van der Waals surface area contributed by atoms with Gasteiger partial charge in [0.1, 0.15) is 0 Å². The lowest BCUT2D eigenvalue weighted by molar-refractivity contribution is -0.137. The van der Waals surface area contributed by atoms with Crippen LogP contribution in [0.15, 0.2) is 30.8 Å². The van der Waals surface area contributed by atoms with Crippen LogP contribution in [0.3, 0.4) is 0 Å². The maximum absolute atomic E-state index is 12.6. The Hall–Kier alpha value is -1.10. The lowest BCUT2D eigenvalue weighted by Crippen LogP contribution is -2.09. The monoisotopic (exact) mass is 256 g/mol. The summed E-state index contributed by atoms with van der Waals surface area (Å²) >= 11 is 4.69. The number of benzene rings is 1. The van der Waals surface area contributed by atoms with Crippen LogP contribution >= 0.6 is 11.6 Å². The molecule has 0 aliphatic carbocycles. The molecule has 0 radical (unpaired) electrons. The van der Waals surface area contributed by atoms with Crippen LogP contribution in [0.5, 0.6) is 0 Å². The van der Waals surface area contributed by atoms with Crippen LogP contribution in [0.2, 0.25) is 0 Å². The van der Waals surface area contributed by atoms with Gasteiger partial charge in [0.15, 0.2) is 0 Å². The van der Waals surface area contributed by atoms with Crippen molar-refractivity contribution in [2.24, 2.45) is 0 Å². The number of rotatable bonds is 2. The first-order valence-corrected chi connectivity index (χ1v) is 4.44. The summed E-state index contributed by atoms with van der Waals surface area (Å²) in [5.41, 5.74) is -1.78. The summed E-state index contributed by atoms with van der Waals surface area (Å²) in [6.45, 7) is 3.02. The van der Waals surface area contributed by atoms with Gasteiger partial charge in [0.2, 0.25) is 0 Å². The minimum Gasteiger partial charge on any atom is -0.183 e. The van der Waals surface area contributed by atoms with E-state index in [9.17, 15) is 22.0 Å². The van der Waals surface area contributed by atoms with Crippen LogP contribution in [0, 0.1) is 0 Å². The van der Waals surface area contributed by atoms with Crippen LogP contribution in [0.25, 0.3) is 5.57 Å². The molecule has 88 valence electrons. The summed E-state index contributed by atoms with van der Waals surface area (Å²) in [6, 6.07) is 3.20. The Morgan fingerprint density at radius 1 is 1.00 bits per heavy atom. The SMILES string of the molecule is C=C(c1ccc(C(F)(F)F)cc1)C(F)(F)Cl. The Morgan fingerprint density at radius 2 is 1.44 bits per heavy atom. The van der Waals surface area contributed by atoms with Gasteiger partial charge in [-0.05, 0) is 29.3 Å². The highest BCUT2D eigenvalue weighted by atomic mass is 35.5. The Morgan fingerprint density at radius 3 is 1.75 bits per heavy atom. The maximum Gasteiger partial charge on any atom is 0.416 e. The number of halogens is 6. The molecule has 0 aromatic heterocycles. The van der Waals surface area contributed by atoms with E-state index in [0.717, 1.165) is 12.1 Å². The largest absolute Gasteiger partial charge is 0.416 e. The second kappa shape index (κ2) is 4.05. The van der Waals surface area contributed by atoms with Gasteiger partial charge < -0.3 is 0 Å². The van der Waals surface area contributed by atoms with Gasteiger partial charge in [0, 0.05) is 5.57 Å². The van der Waals surface area contributed by atoms with Gasteiger partial charge in [0.25, 0.3) is 0 Å². The van der Waals surface area contributed by atoms with E-state index in [4.69, 9.17) is 11.6 Å². The van der Waals surface area contributed by atoms with Gasteiger partial charge in [-0.3, -0.25) is 0 Å².